The van der Waals surface area contributed by atoms with E-state index in [0.717, 1.165) is 16.4 Å². The molecule has 0 saturated carbocycles. The molecule has 0 radical (unpaired) electrons. The second kappa shape index (κ2) is 5.82. The fourth-order valence-corrected chi connectivity index (χ4v) is 3.28. The Labute approximate surface area is 141 Å². The summed E-state index contributed by atoms with van der Waals surface area (Å²) in [5.41, 5.74) is 1.79. The molecule has 2 heterocycles. The first-order valence-corrected chi connectivity index (χ1v) is 8.26. The van der Waals surface area contributed by atoms with Crippen LogP contribution in [0.4, 0.5) is 5.13 Å². The highest BCUT2D eigenvalue weighted by atomic mass is 32.1. The van der Waals surface area contributed by atoms with Gasteiger partial charge in [0.2, 0.25) is 0 Å². The van der Waals surface area contributed by atoms with Crippen LogP contribution in [0.15, 0.2) is 52.6 Å². The highest BCUT2D eigenvalue weighted by Gasteiger charge is 2.07. The number of nitrogens with one attached hydrogen (secondary N) is 3. The van der Waals surface area contributed by atoms with Crippen molar-refractivity contribution in [2.45, 2.75) is 0 Å². The SMILES string of the molecule is C=c1[nH][nH]c(=O)/c1=C\Nc1nc(-c2cccc3ccccc23)cs1. The number of fused-ring (bicyclic) bond motifs is 1. The van der Waals surface area contributed by atoms with Crippen molar-refractivity contribution in [1.29, 1.82) is 0 Å². The molecule has 3 N–H and O–H groups in total. The van der Waals surface area contributed by atoms with E-state index in [2.05, 4.69) is 51.3 Å². The summed E-state index contributed by atoms with van der Waals surface area (Å²) < 4.78 is 0. The van der Waals surface area contributed by atoms with Crippen LogP contribution in [0.25, 0.3) is 34.8 Å². The van der Waals surface area contributed by atoms with E-state index in [4.69, 9.17) is 0 Å². The van der Waals surface area contributed by atoms with Gasteiger partial charge in [-0.3, -0.25) is 15.0 Å². The molecule has 2 aromatic heterocycles. The Balaban J connectivity index is 1.71. The number of H-pyrrole nitrogens is 2. The minimum absolute atomic E-state index is 0.210. The van der Waals surface area contributed by atoms with Gasteiger partial charge in [-0.1, -0.05) is 49.0 Å². The molecule has 0 fully saturated rings. The van der Waals surface area contributed by atoms with Crippen molar-refractivity contribution in [3.63, 3.8) is 0 Å². The van der Waals surface area contributed by atoms with Crippen molar-refractivity contribution in [2.75, 3.05) is 5.32 Å². The van der Waals surface area contributed by atoms with Gasteiger partial charge in [0, 0.05) is 17.1 Å². The van der Waals surface area contributed by atoms with E-state index in [1.165, 1.54) is 22.1 Å². The molecule has 0 aliphatic heterocycles. The largest absolute Gasteiger partial charge is 0.337 e. The maximum absolute atomic E-state index is 11.6. The topological polar surface area (TPSA) is 73.6 Å². The summed E-state index contributed by atoms with van der Waals surface area (Å²) in [6.07, 6.45) is 1.61. The first-order chi connectivity index (χ1) is 11.7. The summed E-state index contributed by atoms with van der Waals surface area (Å²) in [5, 5.41) is 14.3. The molecule has 5 nitrogen and oxygen atoms in total. The Kier molecular flexibility index (Phi) is 3.51. The molecule has 4 rings (SSSR count). The summed E-state index contributed by atoms with van der Waals surface area (Å²) >= 11 is 1.49. The third-order valence-corrected chi connectivity index (χ3v) is 4.58. The molecule has 0 spiro atoms. The number of hydrogen-bond donors (Lipinski definition) is 3. The second-order valence-corrected chi connectivity index (χ2v) is 6.18. The van der Waals surface area contributed by atoms with E-state index in [9.17, 15) is 4.79 Å². The molecular formula is C18H14N4OS. The molecule has 118 valence electrons. The van der Waals surface area contributed by atoms with Crippen LogP contribution in [-0.4, -0.2) is 15.2 Å². The summed E-state index contributed by atoms with van der Waals surface area (Å²) in [7, 11) is 0. The van der Waals surface area contributed by atoms with E-state index in [-0.39, 0.29) is 5.56 Å². The van der Waals surface area contributed by atoms with Gasteiger partial charge in [-0.15, -0.1) is 11.3 Å². The third-order valence-electron chi connectivity index (χ3n) is 3.81. The van der Waals surface area contributed by atoms with Crippen LogP contribution in [0.1, 0.15) is 0 Å². The highest BCUT2D eigenvalue weighted by molar-refractivity contribution is 7.14. The van der Waals surface area contributed by atoms with Gasteiger partial charge in [0.25, 0.3) is 5.56 Å². The molecule has 0 aliphatic rings. The smallest absolute Gasteiger partial charge is 0.273 e. The van der Waals surface area contributed by atoms with Crippen LogP contribution in [0.3, 0.4) is 0 Å². The van der Waals surface area contributed by atoms with Crippen LogP contribution >= 0.6 is 11.3 Å². The van der Waals surface area contributed by atoms with E-state index < -0.39 is 0 Å². The van der Waals surface area contributed by atoms with Gasteiger partial charge < -0.3 is 5.32 Å². The van der Waals surface area contributed by atoms with Gasteiger partial charge in [0.15, 0.2) is 5.13 Å². The molecule has 0 saturated heterocycles. The first kappa shape index (κ1) is 14.5. The molecular weight excluding hydrogens is 320 g/mol. The molecule has 4 aromatic rings. The average Bonchev–Trinajstić information content (AvgIpc) is 3.20. The van der Waals surface area contributed by atoms with Gasteiger partial charge >= 0.3 is 0 Å². The Morgan fingerprint density at radius 2 is 1.96 bits per heavy atom. The number of rotatable bonds is 3. The summed E-state index contributed by atoms with van der Waals surface area (Å²) in [6, 6.07) is 14.4. The van der Waals surface area contributed by atoms with Crippen molar-refractivity contribution in [3.05, 3.63) is 68.8 Å². The van der Waals surface area contributed by atoms with Gasteiger partial charge in [-0.05, 0) is 10.8 Å². The summed E-state index contributed by atoms with van der Waals surface area (Å²) in [4.78, 5) is 16.2. The third kappa shape index (κ3) is 2.53. The van der Waals surface area contributed by atoms with Crippen molar-refractivity contribution >= 4 is 40.0 Å². The lowest BCUT2D eigenvalue weighted by atomic mass is 10.0. The maximum Gasteiger partial charge on any atom is 0.273 e. The highest BCUT2D eigenvalue weighted by Crippen LogP contribution is 2.30. The number of nitrogens with zero attached hydrogens (tertiary/aromatic N) is 1. The predicted octanol–water partition coefficient (Wildman–Crippen LogP) is 2.24. The molecule has 0 atom stereocenters. The van der Waals surface area contributed by atoms with E-state index >= 15 is 0 Å². The van der Waals surface area contributed by atoms with Gasteiger partial charge in [0.1, 0.15) is 0 Å². The number of anilines is 1. The summed E-state index contributed by atoms with van der Waals surface area (Å²) in [6.45, 7) is 3.77. The van der Waals surface area contributed by atoms with Crippen molar-refractivity contribution in [2.24, 2.45) is 0 Å². The predicted molar refractivity (Wildman–Crippen MR) is 99.3 cm³/mol. The zero-order valence-electron chi connectivity index (χ0n) is 12.7. The second-order valence-electron chi connectivity index (χ2n) is 5.32. The quantitative estimate of drug-likeness (QED) is 0.538. The number of aromatic nitrogens is 3. The number of thiazole rings is 1. The molecule has 0 amide bonds. The molecule has 0 aliphatic carbocycles. The van der Waals surface area contributed by atoms with Crippen molar-refractivity contribution in [3.8, 4) is 11.3 Å². The maximum atomic E-state index is 11.6. The van der Waals surface area contributed by atoms with Crippen LogP contribution < -0.4 is 21.4 Å². The van der Waals surface area contributed by atoms with Crippen molar-refractivity contribution < 1.29 is 0 Å². The fourth-order valence-electron chi connectivity index (χ4n) is 2.60. The normalized spacial score (nSPS) is 11.9. The summed E-state index contributed by atoms with van der Waals surface area (Å²) in [5.74, 6) is 0. The zero-order chi connectivity index (χ0) is 16.5. The van der Waals surface area contributed by atoms with Gasteiger partial charge in [-0.2, -0.15) is 0 Å². The van der Waals surface area contributed by atoms with Crippen LogP contribution in [0.5, 0.6) is 0 Å². The molecule has 2 aromatic carbocycles. The van der Waals surface area contributed by atoms with Crippen molar-refractivity contribution in [1.82, 2.24) is 15.2 Å². The minimum atomic E-state index is -0.210. The lowest BCUT2D eigenvalue weighted by Gasteiger charge is -2.03. The molecule has 6 heteroatoms. The number of benzene rings is 2. The van der Waals surface area contributed by atoms with Gasteiger partial charge in [0.05, 0.1) is 16.3 Å². The standard InChI is InChI=1S/C18H14N4OS/c1-11-15(17(23)22-21-11)9-19-18-20-16(10-24-18)14-8-4-6-12-5-2-3-7-13(12)14/h2-10,21H,1H2,(H,19,20)(H,22,23)/b15-9-. The zero-order valence-corrected chi connectivity index (χ0v) is 13.5. The Hall–Kier alpha value is -3.12. The molecule has 0 bridgehead atoms. The van der Waals surface area contributed by atoms with Crippen LogP contribution in [-0.2, 0) is 0 Å². The van der Waals surface area contributed by atoms with E-state index in [1.54, 1.807) is 6.20 Å². The lowest BCUT2D eigenvalue weighted by molar-refractivity contribution is 1.04. The Bertz CT molecular complexity index is 1150. The van der Waals surface area contributed by atoms with Crippen LogP contribution in [0, 0.1) is 0 Å². The molecule has 0 unspecified atom stereocenters. The average molecular weight is 334 g/mol. The number of hydrogen-bond acceptors (Lipinski definition) is 4. The Morgan fingerprint density at radius 1 is 1.12 bits per heavy atom. The molecule has 24 heavy (non-hydrogen) atoms. The van der Waals surface area contributed by atoms with Crippen LogP contribution in [0.2, 0.25) is 0 Å². The minimum Gasteiger partial charge on any atom is -0.337 e. The monoisotopic (exact) mass is 334 g/mol. The van der Waals surface area contributed by atoms with E-state index in [1.807, 2.05) is 23.6 Å². The Morgan fingerprint density at radius 3 is 2.79 bits per heavy atom. The fraction of sp³-hybridized carbons (Fsp3) is 0. The first-order valence-electron chi connectivity index (χ1n) is 7.38. The lowest BCUT2D eigenvalue weighted by Crippen LogP contribution is -2.33. The van der Waals surface area contributed by atoms with Gasteiger partial charge in [-0.25, -0.2) is 4.98 Å². The number of aromatic amines is 2. The van der Waals surface area contributed by atoms with E-state index in [0.29, 0.717) is 10.6 Å².